The quantitative estimate of drug-likeness (QED) is 0.829. The zero-order chi connectivity index (χ0) is 17.5. The minimum atomic E-state index is -0.953. The molecule has 128 valence electrons. The Kier molecular flexibility index (Phi) is 4.32. The first-order valence-corrected chi connectivity index (χ1v) is 8.41. The Morgan fingerprint density at radius 2 is 1.79 bits per heavy atom. The molecule has 0 aromatic heterocycles. The number of unbranched alkanes of at least 4 members (excludes halogenated alkanes) is 1. The van der Waals surface area contributed by atoms with Crippen LogP contribution in [-0.2, 0) is 4.74 Å². The summed E-state index contributed by atoms with van der Waals surface area (Å²) in [6.07, 6.45) is 0.999. The topological polar surface area (TPSA) is 75.6 Å². The molecule has 24 heavy (non-hydrogen) atoms. The van der Waals surface area contributed by atoms with Crippen LogP contribution >= 0.6 is 0 Å². The molecule has 3 rings (SSSR count). The maximum absolute atomic E-state index is 13.0. The number of ketones is 2. The van der Waals surface area contributed by atoms with E-state index >= 15 is 0 Å². The summed E-state index contributed by atoms with van der Waals surface area (Å²) in [4.78, 5) is 25.8. The standard InChI is InChI=1S/C19H23NO4/c1-4-5-10-20-14-13-15(21)11-8-6-7-9-12(11)16(22)17(13)24-19(2,3)18(14)23/h6-9,14,18,20,23H,4-5,10H2,1-3H3/t14-,18-/m0/s1. The van der Waals surface area contributed by atoms with E-state index in [0.29, 0.717) is 17.7 Å². The molecule has 2 atom stereocenters. The Balaban J connectivity index is 2.08. The maximum atomic E-state index is 13.0. The third-order valence-electron chi connectivity index (χ3n) is 4.71. The molecule has 5 heteroatoms. The van der Waals surface area contributed by atoms with E-state index in [9.17, 15) is 14.7 Å². The lowest BCUT2D eigenvalue weighted by Crippen LogP contribution is -2.59. The van der Waals surface area contributed by atoms with Gasteiger partial charge in [-0.3, -0.25) is 9.59 Å². The molecule has 0 fully saturated rings. The molecule has 0 saturated carbocycles. The summed E-state index contributed by atoms with van der Waals surface area (Å²) in [5.74, 6) is -0.464. The molecule has 1 aromatic rings. The van der Waals surface area contributed by atoms with E-state index in [1.54, 1.807) is 38.1 Å². The van der Waals surface area contributed by atoms with Gasteiger partial charge in [0.25, 0.3) is 0 Å². The van der Waals surface area contributed by atoms with Crippen LogP contribution in [0.5, 0.6) is 0 Å². The van der Waals surface area contributed by atoms with Crippen LogP contribution in [0.4, 0.5) is 0 Å². The van der Waals surface area contributed by atoms with Crippen molar-refractivity contribution in [1.82, 2.24) is 5.32 Å². The van der Waals surface area contributed by atoms with E-state index in [2.05, 4.69) is 12.2 Å². The van der Waals surface area contributed by atoms with Crippen molar-refractivity contribution >= 4 is 11.6 Å². The lowest BCUT2D eigenvalue weighted by atomic mass is 9.78. The minimum absolute atomic E-state index is 0.0722. The average molecular weight is 329 g/mol. The number of ether oxygens (including phenoxy) is 1. The number of rotatable bonds is 4. The van der Waals surface area contributed by atoms with Gasteiger partial charge in [-0.15, -0.1) is 0 Å². The van der Waals surface area contributed by atoms with Gasteiger partial charge in [0.15, 0.2) is 11.5 Å². The molecule has 0 bridgehead atoms. The van der Waals surface area contributed by atoms with Crippen molar-refractivity contribution in [2.45, 2.75) is 51.4 Å². The van der Waals surface area contributed by atoms with E-state index in [0.717, 1.165) is 12.8 Å². The molecule has 0 spiro atoms. The van der Waals surface area contributed by atoms with Crippen molar-refractivity contribution in [2.24, 2.45) is 0 Å². The molecule has 1 aromatic carbocycles. The fourth-order valence-corrected chi connectivity index (χ4v) is 3.29. The first-order valence-electron chi connectivity index (χ1n) is 8.41. The van der Waals surface area contributed by atoms with Crippen LogP contribution in [0.25, 0.3) is 0 Å². The number of benzene rings is 1. The number of carbonyl (C=O) groups is 2. The Bertz CT molecular complexity index is 720. The third-order valence-corrected chi connectivity index (χ3v) is 4.71. The Hall–Kier alpha value is -1.98. The molecule has 0 amide bonds. The lowest BCUT2D eigenvalue weighted by molar-refractivity contribution is -0.0920. The number of Topliss-reactive ketones (excluding diaryl/α,β-unsaturated/α-hetero) is 2. The van der Waals surface area contributed by atoms with Crippen LogP contribution < -0.4 is 5.32 Å². The van der Waals surface area contributed by atoms with E-state index in [-0.39, 0.29) is 22.9 Å². The largest absolute Gasteiger partial charge is 0.480 e. The first-order chi connectivity index (χ1) is 11.4. The fourth-order valence-electron chi connectivity index (χ4n) is 3.29. The molecule has 1 aliphatic heterocycles. The molecular weight excluding hydrogens is 306 g/mol. The van der Waals surface area contributed by atoms with Crippen LogP contribution in [0.3, 0.4) is 0 Å². The predicted octanol–water partition coefficient (Wildman–Crippen LogP) is 2.25. The van der Waals surface area contributed by atoms with Gasteiger partial charge >= 0.3 is 0 Å². The molecule has 2 N–H and O–H groups in total. The summed E-state index contributed by atoms with van der Waals surface area (Å²) in [5.41, 5.74) is 0.0340. The van der Waals surface area contributed by atoms with E-state index in [1.807, 2.05) is 0 Å². The van der Waals surface area contributed by atoms with Gasteiger partial charge in [0.05, 0.1) is 11.6 Å². The van der Waals surface area contributed by atoms with Crippen LogP contribution in [0.1, 0.15) is 54.3 Å². The highest BCUT2D eigenvalue weighted by Gasteiger charge is 2.50. The minimum Gasteiger partial charge on any atom is -0.480 e. The monoisotopic (exact) mass is 329 g/mol. The van der Waals surface area contributed by atoms with Gasteiger partial charge < -0.3 is 15.2 Å². The number of hydrogen-bond acceptors (Lipinski definition) is 5. The predicted molar refractivity (Wildman–Crippen MR) is 90.0 cm³/mol. The summed E-state index contributed by atoms with van der Waals surface area (Å²) in [6.45, 7) is 6.19. The highest BCUT2D eigenvalue weighted by molar-refractivity contribution is 6.26. The summed E-state index contributed by atoms with van der Waals surface area (Å²) < 4.78 is 5.79. The molecule has 1 aliphatic carbocycles. The van der Waals surface area contributed by atoms with Crippen LogP contribution in [0, 0.1) is 0 Å². The Labute approximate surface area is 141 Å². The van der Waals surface area contributed by atoms with Gasteiger partial charge in [0.1, 0.15) is 11.7 Å². The second-order valence-electron chi connectivity index (χ2n) is 6.88. The SMILES string of the molecule is CCCCN[C@H]1C2=C(OC(C)(C)[C@H]1O)C(=O)c1ccccc1C2=O. The Morgan fingerprint density at radius 3 is 2.42 bits per heavy atom. The van der Waals surface area contributed by atoms with E-state index < -0.39 is 17.7 Å². The normalized spacial score (nSPS) is 25.2. The molecule has 5 nitrogen and oxygen atoms in total. The van der Waals surface area contributed by atoms with Gasteiger partial charge in [0.2, 0.25) is 5.78 Å². The van der Waals surface area contributed by atoms with Crippen molar-refractivity contribution in [3.05, 3.63) is 46.7 Å². The zero-order valence-electron chi connectivity index (χ0n) is 14.3. The lowest BCUT2D eigenvalue weighted by Gasteiger charge is -2.44. The summed E-state index contributed by atoms with van der Waals surface area (Å²) >= 11 is 0. The van der Waals surface area contributed by atoms with Crippen LogP contribution in [0.15, 0.2) is 35.6 Å². The average Bonchev–Trinajstić information content (AvgIpc) is 2.56. The number of fused-ring (bicyclic) bond motifs is 1. The molecule has 0 saturated heterocycles. The van der Waals surface area contributed by atoms with Gasteiger partial charge in [0, 0.05) is 11.1 Å². The molecular formula is C19H23NO4. The van der Waals surface area contributed by atoms with E-state index in [4.69, 9.17) is 4.74 Å². The number of carbonyl (C=O) groups excluding carboxylic acids is 2. The first kappa shape index (κ1) is 16.9. The van der Waals surface area contributed by atoms with E-state index in [1.165, 1.54) is 0 Å². The highest BCUT2D eigenvalue weighted by Crippen LogP contribution is 2.38. The third kappa shape index (κ3) is 2.58. The smallest absolute Gasteiger partial charge is 0.228 e. The van der Waals surface area contributed by atoms with Crippen LogP contribution in [0.2, 0.25) is 0 Å². The second kappa shape index (κ2) is 6.15. The summed E-state index contributed by atoms with van der Waals surface area (Å²) in [6, 6.07) is 6.14. The van der Waals surface area contributed by atoms with Crippen molar-refractivity contribution in [3.63, 3.8) is 0 Å². The van der Waals surface area contributed by atoms with Gasteiger partial charge in [-0.2, -0.15) is 0 Å². The van der Waals surface area contributed by atoms with Gasteiger partial charge in [-0.1, -0.05) is 37.6 Å². The number of aliphatic hydroxyl groups excluding tert-OH is 1. The van der Waals surface area contributed by atoms with Crippen LogP contribution in [-0.4, -0.2) is 41.0 Å². The fraction of sp³-hybridized carbons (Fsp3) is 0.474. The molecule has 2 aliphatic rings. The van der Waals surface area contributed by atoms with Crippen molar-refractivity contribution in [3.8, 4) is 0 Å². The molecule has 1 heterocycles. The zero-order valence-corrected chi connectivity index (χ0v) is 14.3. The van der Waals surface area contributed by atoms with Gasteiger partial charge in [-0.05, 0) is 26.8 Å². The molecule has 0 unspecified atom stereocenters. The maximum Gasteiger partial charge on any atom is 0.228 e. The highest BCUT2D eigenvalue weighted by atomic mass is 16.5. The molecule has 0 radical (unpaired) electrons. The Morgan fingerprint density at radius 1 is 1.17 bits per heavy atom. The number of allylic oxidation sites excluding steroid dienone is 1. The van der Waals surface area contributed by atoms with Crippen molar-refractivity contribution < 1.29 is 19.4 Å². The number of nitrogens with one attached hydrogen (secondary N) is 1. The second-order valence-corrected chi connectivity index (χ2v) is 6.88. The summed E-state index contributed by atoms with van der Waals surface area (Å²) in [7, 11) is 0. The summed E-state index contributed by atoms with van der Waals surface area (Å²) in [5, 5.41) is 13.9. The van der Waals surface area contributed by atoms with Crippen molar-refractivity contribution in [2.75, 3.05) is 6.54 Å². The van der Waals surface area contributed by atoms with Gasteiger partial charge in [-0.25, -0.2) is 0 Å². The number of hydrogen-bond donors (Lipinski definition) is 2. The van der Waals surface area contributed by atoms with Crippen molar-refractivity contribution in [1.29, 1.82) is 0 Å². The number of aliphatic hydroxyl groups is 1.